The Labute approximate surface area is 190 Å². The minimum Gasteiger partial charge on any atom is -0.497 e. The molecular formula is C24H22ClNO4S. The topological polar surface area (TPSA) is 64.6 Å². The summed E-state index contributed by atoms with van der Waals surface area (Å²) in [6.07, 6.45) is 3.29. The normalized spacial score (nSPS) is 12.7. The van der Waals surface area contributed by atoms with Crippen LogP contribution in [-0.2, 0) is 24.2 Å². The van der Waals surface area contributed by atoms with Crippen LogP contribution >= 0.6 is 22.9 Å². The van der Waals surface area contributed by atoms with Gasteiger partial charge >= 0.3 is 6.09 Å². The smallest absolute Gasteiger partial charge is 0.412 e. The summed E-state index contributed by atoms with van der Waals surface area (Å²) in [5, 5.41) is 3.93. The third kappa shape index (κ3) is 4.92. The summed E-state index contributed by atoms with van der Waals surface area (Å²) < 4.78 is 10.5. The van der Waals surface area contributed by atoms with Crippen LogP contribution in [0.4, 0.5) is 9.80 Å². The molecule has 31 heavy (non-hydrogen) atoms. The number of ketones is 1. The highest BCUT2D eigenvalue weighted by Crippen LogP contribution is 2.39. The van der Waals surface area contributed by atoms with Gasteiger partial charge < -0.3 is 9.47 Å². The Bertz CT molecular complexity index is 1090. The average Bonchev–Trinajstić information content (AvgIpc) is 3.15. The summed E-state index contributed by atoms with van der Waals surface area (Å²) in [4.78, 5) is 27.0. The van der Waals surface area contributed by atoms with Gasteiger partial charge in [-0.3, -0.25) is 10.1 Å². The van der Waals surface area contributed by atoms with Crippen LogP contribution in [0, 0.1) is 0 Å². The number of amides is 1. The number of halogens is 1. The van der Waals surface area contributed by atoms with E-state index in [1.165, 1.54) is 11.3 Å². The van der Waals surface area contributed by atoms with E-state index < -0.39 is 6.09 Å². The lowest BCUT2D eigenvalue weighted by Crippen LogP contribution is -2.16. The molecule has 1 amide bonds. The maximum atomic E-state index is 13.3. The minimum absolute atomic E-state index is 0.110. The van der Waals surface area contributed by atoms with Gasteiger partial charge in [-0.15, -0.1) is 11.3 Å². The molecule has 4 rings (SSSR count). The molecule has 0 spiro atoms. The van der Waals surface area contributed by atoms with Gasteiger partial charge in [0.05, 0.1) is 12.7 Å². The van der Waals surface area contributed by atoms with Crippen LogP contribution in [-0.4, -0.2) is 19.0 Å². The largest absolute Gasteiger partial charge is 0.497 e. The summed E-state index contributed by atoms with van der Waals surface area (Å²) in [5.74, 6) is 0.629. The van der Waals surface area contributed by atoms with Crippen LogP contribution < -0.4 is 10.1 Å². The molecule has 0 fully saturated rings. The van der Waals surface area contributed by atoms with Crippen molar-refractivity contribution in [2.24, 2.45) is 0 Å². The van der Waals surface area contributed by atoms with Crippen LogP contribution in [0.3, 0.4) is 0 Å². The Kier molecular flexibility index (Phi) is 6.59. The molecule has 0 aliphatic heterocycles. The molecule has 1 aliphatic rings. The lowest BCUT2D eigenvalue weighted by atomic mass is 9.92. The summed E-state index contributed by atoms with van der Waals surface area (Å²) in [6.45, 7) is 0.126. The highest BCUT2D eigenvalue weighted by atomic mass is 35.5. The van der Waals surface area contributed by atoms with Crippen LogP contribution in [0.25, 0.3) is 0 Å². The SMILES string of the molecule is COc1ccc(COC(=O)Nc2sc3c(c2C(=O)c2ccc(Cl)cc2)CCCC3)cc1. The molecule has 3 aromatic rings. The van der Waals surface area contributed by atoms with E-state index in [1.807, 2.05) is 24.3 Å². The van der Waals surface area contributed by atoms with E-state index in [-0.39, 0.29) is 12.4 Å². The van der Waals surface area contributed by atoms with Gasteiger partial charge in [-0.05, 0) is 73.2 Å². The van der Waals surface area contributed by atoms with Gasteiger partial charge in [0.25, 0.3) is 0 Å². The predicted molar refractivity (Wildman–Crippen MR) is 123 cm³/mol. The zero-order valence-electron chi connectivity index (χ0n) is 17.1. The quantitative estimate of drug-likeness (QED) is 0.445. The first-order valence-electron chi connectivity index (χ1n) is 10.1. The van der Waals surface area contributed by atoms with Crippen molar-refractivity contribution in [3.05, 3.63) is 80.7 Å². The fourth-order valence-electron chi connectivity index (χ4n) is 3.64. The second-order valence-corrected chi connectivity index (χ2v) is 8.84. The van der Waals surface area contributed by atoms with Crippen molar-refractivity contribution in [3.63, 3.8) is 0 Å². The number of ether oxygens (including phenoxy) is 2. The summed E-state index contributed by atoms with van der Waals surface area (Å²) >= 11 is 7.44. The first-order valence-corrected chi connectivity index (χ1v) is 11.3. The number of carbonyl (C=O) groups excluding carboxylic acids is 2. The average molecular weight is 456 g/mol. The maximum absolute atomic E-state index is 13.3. The highest BCUT2D eigenvalue weighted by molar-refractivity contribution is 7.17. The Balaban J connectivity index is 1.53. The van der Waals surface area contributed by atoms with E-state index in [1.54, 1.807) is 31.4 Å². The van der Waals surface area contributed by atoms with Gasteiger partial charge in [0.15, 0.2) is 5.78 Å². The molecule has 1 aromatic heterocycles. The third-order valence-corrected chi connectivity index (χ3v) is 6.71. The monoisotopic (exact) mass is 455 g/mol. The van der Waals surface area contributed by atoms with E-state index in [0.29, 0.717) is 21.2 Å². The zero-order valence-corrected chi connectivity index (χ0v) is 18.6. The van der Waals surface area contributed by atoms with Gasteiger partial charge in [0, 0.05) is 15.5 Å². The van der Waals surface area contributed by atoms with E-state index in [0.717, 1.165) is 47.4 Å². The van der Waals surface area contributed by atoms with Crippen molar-refractivity contribution < 1.29 is 19.1 Å². The van der Waals surface area contributed by atoms with E-state index in [4.69, 9.17) is 21.1 Å². The molecule has 0 saturated carbocycles. The lowest BCUT2D eigenvalue weighted by molar-refractivity contribution is 0.103. The molecule has 7 heteroatoms. The van der Waals surface area contributed by atoms with Gasteiger partial charge in [0.2, 0.25) is 0 Å². The molecule has 0 unspecified atom stereocenters. The fraction of sp³-hybridized carbons (Fsp3) is 0.250. The van der Waals surface area contributed by atoms with Gasteiger partial charge in [0.1, 0.15) is 17.4 Å². The van der Waals surface area contributed by atoms with Crippen LogP contribution in [0.2, 0.25) is 5.02 Å². The summed E-state index contributed by atoms with van der Waals surface area (Å²) in [6, 6.07) is 14.1. The number of nitrogens with one attached hydrogen (secondary N) is 1. The molecule has 0 radical (unpaired) electrons. The number of hydrogen-bond acceptors (Lipinski definition) is 5. The van der Waals surface area contributed by atoms with E-state index >= 15 is 0 Å². The number of rotatable bonds is 6. The Morgan fingerprint density at radius 2 is 1.74 bits per heavy atom. The second kappa shape index (κ2) is 9.54. The van der Waals surface area contributed by atoms with Crippen molar-refractivity contribution in [1.82, 2.24) is 0 Å². The number of methoxy groups -OCH3 is 1. The van der Waals surface area contributed by atoms with E-state index in [9.17, 15) is 9.59 Å². The molecule has 0 atom stereocenters. The number of benzene rings is 2. The third-order valence-electron chi connectivity index (χ3n) is 5.25. The number of anilines is 1. The molecule has 160 valence electrons. The number of fused-ring (bicyclic) bond motifs is 1. The van der Waals surface area contributed by atoms with Crippen molar-refractivity contribution in [3.8, 4) is 5.75 Å². The molecule has 0 bridgehead atoms. The highest BCUT2D eigenvalue weighted by Gasteiger charge is 2.27. The first kappa shape index (κ1) is 21.4. The number of carbonyl (C=O) groups is 2. The molecule has 2 aromatic carbocycles. The molecule has 1 heterocycles. The lowest BCUT2D eigenvalue weighted by Gasteiger charge is -2.13. The first-order chi connectivity index (χ1) is 15.0. The zero-order chi connectivity index (χ0) is 21.8. The van der Waals surface area contributed by atoms with Crippen molar-refractivity contribution >= 4 is 39.8 Å². The minimum atomic E-state index is -0.584. The Hall–Kier alpha value is -2.83. The Morgan fingerprint density at radius 3 is 2.45 bits per heavy atom. The summed E-state index contributed by atoms with van der Waals surface area (Å²) in [7, 11) is 1.60. The molecule has 1 N–H and O–H groups in total. The van der Waals surface area contributed by atoms with Crippen molar-refractivity contribution in [1.29, 1.82) is 0 Å². The van der Waals surface area contributed by atoms with Gasteiger partial charge in [-0.2, -0.15) is 0 Å². The van der Waals surface area contributed by atoms with Gasteiger partial charge in [-0.25, -0.2) is 4.79 Å². The number of hydrogen-bond donors (Lipinski definition) is 1. The van der Waals surface area contributed by atoms with Gasteiger partial charge in [-0.1, -0.05) is 23.7 Å². The van der Waals surface area contributed by atoms with E-state index in [2.05, 4.69) is 5.32 Å². The van der Waals surface area contributed by atoms with Crippen LogP contribution in [0.1, 0.15) is 44.8 Å². The maximum Gasteiger partial charge on any atom is 0.412 e. The fourth-order valence-corrected chi connectivity index (χ4v) is 5.04. The number of aryl methyl sites for hydroxylation is 1. The molecule has 5 nitrogen and oxygen atoms in total. The second-order valence-electron chi connectivity index (χ2n) is 7.30. The molecule has 1 aliphatic carbocycles. The number of thiophene rings is 1. The molecule has 0 saturated heterocycles. The van der Waals surface area contributed by atoms with Crippen molar-refractivity contribution in [2.75, 3.05) is 12.4 Å². The van der Waals surface area contributed by atoms with Crippen LogP contribution in [0.5, 0.6) is 5.75 Å². The van der Waals surface area contributed by atoms with Crippen molar-refractivity contribution in [2.45, 2.75) is 32.3 Å². The standard InChI is InChI=1S/C24H22ClNO4S/c1-29-18-12-6-15(7-13-18)14-30-24(28)26-23-21(19-4-2-3-5-20(19)31-23)22(27)16-8-10-17(25)11-9-16/h6-13H,2-5,14H2,1H3,(H,26,28). The predicted octanol–water partition coefficient (Wildman–Crippen LogP) is 6.27. The summed E-state index contributed by atoms with van der Waals surface area (Å²) in [5.41, 5.74) is 3.01. The molecular weight excluding hydrogens is 434 g/mol. The van der Waals surface area contributed by atoms with Crippen LogP contribution in [0.15, 0.2) is 48.5 Å². The Morgan fingerprint density at radius 1 is 1.03 bits per heavy atom.